The highest BCUT2D eigenvalue weighted by Gasteiger charge is 2.18. The van der Waals surface area contributed by atoms with Crippen molar-refractivity contribution in [2.75, 3.05) is 13.1 Å². The predicted molar refractivity (Wildman–Crippen MR) is 136 cm³/mol. The Morgan fingerprint density at radius 3 is 2.18 bits per heavy atom. The van der Waals surface area contributed by atoms with E-state index >= 15 is 0 Å². The maximum absolute atomic E-state index is 9.64. The number of nitrogens with one attached hydrogen (secondary N) is 1. The van der Waals surface area contributed by atoms with E-state index in [2.05, 4.69) is 62.5 Å². The summed E-state index contributed by atoms with van der Waals surface area (Å²) in [6.07, 6.45) is 2.74. The highest BCUT2D eigenvalue weighted by Crippen LogP contribution is 2.33. The number of hydrogen-bond donors (Lipinski definition) is 3. The van der Waals surface area contributed by atoms with E-state index < -0.39 is 11.9 Å². The van der Waals surface area contributed by atoms with Gasteiger partial charge in [0.15, 0.2) is 0 Å². The van der Waals surface area contributed by atoms with Gasteiger partial charge in [-0.15, -0.1) is 11.8 Å². The Hall–Kier alpha value is -2.02. The number of carboxylic acids is 2. The molecule has 0 unspecified atom stereocenters. The Morgan fingerprint density at radius 1 is 1.00 bits per heavy atom. The molecule has 2 aromatic carbocycles. The molecule has 7 heteroatoms. The van der Waals surface area contributed by atoms with E-state index in [0.29, 0.717) is 0 Å². The number of halogens is 1. The van der Waals surface area contributed by atoms with Gasteiger partial charge in [-0.3, -0.25) is 9.59 Å². The molecule has 0 atom stereocenters. The highest BCUT2D eigenvalue weighted by molar-refractivity contribution is 7.98. The molecule has 3 rings (SSSR count). The molecule has 0 bridgehead atoms. The number of aliphatic carboxylic acids is 2. The molecule has 0 spiro atoms. The summed E-state index contributed by atoms with van der Waals surface area (Å²) in [5, 5.41) is 20.2. The van der Waals surface area contributed by atoms with Crippen molar-refractivity contribution in [1.82, 2.24) is 5.32 Å². The van der Waals surface area contributed by atoms with Crippen molar-refractivity contribution in [3.8, 4) is 0 Å². The molecule has 1 aliphatic heterocycles. The van der Waals surface area contributed by atoms with Gasteiger partial charge in [-0.25, -0.2) is 0 Å². The Morgan fingerprint density at radius 2 is 1.61 bits per heavy atom. The van der Waals surface area contributed by atoms with Crippen LogP contribution in [0.15, 0.2) is 41.3 Å². The summed E-state index contributed by atoms with van der Waals surface area (Å²) < 4.78 is 0. The lowest BCUT2D eigenvalue weighted by molar-refractivity contribution is -0.143. The van der Waals surface area contributed by atoms with Crippen molar-refractivity contribution in [2.45, 2.75) is 68.9 Å². The van der Waals surface area contributed by atoms with Gasteiger partial charge in [0.2, 0.25) is 0 Å². The third-order valence-electron chi connectivity index (χ3n) is 6.05. The third-order valence-corrected chi connectivity index (χ3v) is 7.44. The zero-order chi connectivity index (χ0) is 24.4. The molecule has 0 amide bonds. The summed E-state index contributed by atoms with van der Waals surface area (Å²) in [6.45, 7) is 8.98. The van der Waals surface area contributed by atoms with Gasteiger partial charge < -0.3 is 15.5 Å². The van der Waals surface area contributed by atoms with Crippen LogP contribution in [0.4, 0.5) is 0 Å². The minimum absolute atomic E-state index is 0.246. The maximum Gasteiger partial charge on any atom is 0.303 e. The summed E-state index contributed by atoms with van der Waals surface area (Å²) in [4.78, 5) is 20.6. The lowest BCUT2D eigenvalue weighted by atomic mass is 9.82. The molecule has 5 nitrogen and oxygen atoms in total. The van der Waals surface area contributed by atoms with Crippen molar-refractivity contribution in [2.24, 2.45) is 0 Å². The van der Waals surface area contributed by atoms with Gasteiger partial charge in [-0.1, -0.05) is 50.6 Å². The first kappa shape index (κ1) is 27.2. The molecule has 3 N–H and O–H groups in total. The Labute approximate surface area is 205 Å². The molecule has 180 valence electrons. The van der Waals surface area contributed by atoms with Crippen LogP contribution in [-0.2, 0) is 33.6 Å². The van der Waals surface area contributed by atoms with Crippen LogP contribution >= 0.6 is 23.4 Å². The molecule has 0 radical (unpaired) electrons. The van der Waals surface area contributed by atoms with Crippen molar-refractivity contribution in [1.29, 1.82) is 0 Å². The van der Waals surface area contributed by atoms with Gasteiger partial charge in [0, 0.05) is 15.7 Å². The second kappa shape index (κ2) is 13.0. The van der Waals surface area contributed by atoms with Gasteiger partial charge >= 0.3 is 11.9 Å². The first-order valence-electron chi connectivity index (χ1n) is 11.3. The maximum atomic E-state index is 9.64. The molecular formula is C26H34ClNO4S. The SMILES string of the molecule is CCC(C)(C)c1ccc(SCc2c(Cl)ccc3c2CCNCC3)cc1.O=C(O)CCC(=O)O. The van der Waals surface area contributed by atoms with Gasteiger partial charge in [0.1, 0.15) is 0 Å². The molecule has 2 aromatic rings. The third kappa shape index (κ3) is 8.69. The number of carboxylic acid groups (broad SMARTS) is 2. The van der Waals surface area contributed by atoms with Crippen LogP contribution in [0.3, 0.4) is 0 Å². The van der Waals surface area contributed by atoms with E-state index in [1.807, 2.05) is 11.8 Å². The molecule has 0 fully saturated rings. The lowest BCUT2D eigenvalue weighted by Gasteiger charge is -2.23. The predicted octanol–water partition coefficient (Wildman–Crippen LogP) is 5.94. The summed E-state index contributed by atoms with van der Waals surface area (Å²) >= 11 is 8.44. The fourth-order valence-corrected chi connectivity index (χ4v) is 4.84. The second-order valence-electron chi connectivity index (χ2n) is 8.75. The summed E-state index contributed by atoms with van der Waals surface area (Å²) in [7, 11) is 0. The molecule has 0 saturated carbocycles. The monoisotopic (exact) mass is 491 g/mol. The zero-order valence-electron chi connectivity index (χ0n) is 19.6. The van der Waals surface area contributed by atoms with E-state index in [1.54, 1.807) is 0 Å². The summed E-state index contributed by atoms with van der Waals surface area (Å²) in [5.74, 6) is -1.21. The van der Waals surface area contributed by atoms with E-state index in [4.69, 9.17) is 21.8 Å². The van der Waals surface area contributed by atoms with Gasteiger partial charge in [0.05, 0.1) is 12.8 Å². The molecular weight excluding hydrogens is 458 g/mol. The minimum atomic E-state index is -1.08. The van der Waals surface area contributed by atoms with Gasteiger partial charge in [-0.2, -0.15) is 0 Å². The van der Waals surface area contributed by atoms with Crippen molar-refractivity contribution >= 4 is 35.3 Å². The number of rotatable bonds is 8. The van der Waals surface area contributed by atoms with Crippen LogP contribution in [0.25, 0.3) is 0 Å². The first-order chi connectivity index (χ1) is 15.6. The zero-order valence-corrected chi connectivity index (χ0v) is 21.2. The fourth-order valence-electron chi connectivity index (χ4n) is 3.55. The molecule has 0 saturated heterocycles. The van der Waals surface area contributed by atoms with E-state index in [0.717, 1.165) is 43.1 Å². The van der Waals surface area contributed by atoms with Gasteiger partial charge in [-0.05, 0) is 78.2 Å². The molecule has 0 aromatic heterocycles. The number of benzene rings is 2. The van der Waals surface area contributed by atoms with Crippen LogP contribution in [0.1, 0.15) is 62.3 Å². The Balaban J connectivity index is 0.000000414. The number of hydrogen-bond acceptors (Lipinski definition) is 4. The smallest absolute Gasteiger partial charge is 0.303 e. The van der Waals surface area contributed by atoms with E-state index in [1.165, 1.54) is 27.1 Å². The Kier molecular flexibility index (Phi) is 10.7. The molecule has 0 aliphatic carbocycles. The standard InChI is InChI=1S/C22H28ClNS.C4H6O4/c1-4-22(2,3)17-6-8-18(9-7-17)25-15-20-19-12-14-24-13-11-16(19)5-10-21(20)23;5-3(6)1-2-4(7)8/h5-10,24H,4,11-15H2,1-3H3;1-2H2,(H,5,6)(H,7,8). The van der Waals surface area contributed by atoms with Gasteiger partial charge in [0.25, 0.3) is 0 Å². The largest absolute Gasteiger partial charge is 0.481 e. The van der Waals surface area contributed by atoms with Crippen molar-refractivity contribution in [3.63, 3.8) is 0 Å². The van der Waals surface area contributed by atoms with Crippen LogP contribution < -0.4 is 5.32 Å². The number of thioether (sulfide) groups is 1. The number of fused-ring (bicyclic) bond motifs is 1. The topological polar surface area (TPSA) is 86.6 Å². The quantitative estimate of drug-likeness (QED) is 0.396. The minimum Gasteiger partial charge on any atom is -0.481 e. The Bertz CT molecular complexity index is 930. The fraction of sp³-hybridized carbons (Fsp3) is 0.462. The molecule has 1 aliphatic rings. The van der Waals surface area contributed by atoms with E-state index in [9.17, 15) is 9.59 Å². The average Bonchev–Trinajstić information content (AvgIpc) is 3.03. The number of carbonyl (C=O) groups is 2. The van der Waals surface area contributed by atoms with E-state index in [-0.39, 0.29) is 18.3 Å². The normalized spacial score (nSPS) is 13.3. The van der Waals surface area contributed by atoms with Crippen LogP contribution in [-0.4, -0.2) is 35.2 Å². The molecule has 1 heterocycles. The van der Waals surface area contributed by atoms with Crippen LogP contribution in [0.2, 0.25) is 5.02 Å². The lowest BCUT2D eigenvalue weighted by Crippen LogP contribution is -2.16. The average molecular weight is 492 g/mol. The summed E-state index contributed by atoms with van der Waals surface area (Å²) in [6, 6.07) is 13.4. The van der Waals surface area contributed by atoms with Crippen molar-refractivity contribution < 1.29 is 19.8 Å². The highest BCUT2D eigenvalue weighted by atomic mass is 35.5. The van der Waals surface area contributed by atoms with Crippen LogP contribution in [0, 0.1) is 0 Å². The summed E-state index contributed by atoms with van der Waals surface area (Å²) in [5.41, 5.74) is 5.91. The first-order valence-corrected chi connectivity index (χ1v) is 12.7. The van der Waals surface area contributed by atoms with Crippen molar-refractivity contribution in [3.05, 3.63) is 63.7 Å². The second-order valence-corrected chi connectivity index (χ2v) is 10.2. The van der Waals surface area contributed by atoms with Crippen LogP contribution in [0.5, 0.6) is 0 Å². The molecule has 33 heavy (non-hydrogen) atoms.